The zero-order valence-corrected chi connectivity index (χ0v) is 5.41. The maximum Gasteiger partial charge on any atom is 0.305 e. The highest BCUT2D eigenvalue weighted by atomic mass is 16.4. The van der Waals surface area contributed by atoms with Gasteiger partial charge in [-0.05, 0) is 0 Å². The smallest absolute Gasteiger partial charge is 0.305 e. The van der Waals surface area contributed by atoms with Gasteiger partial charge in [-0.3, -0.25) is 9.59 Å². The molecule has 0 aliphatic rings. The van der Waals surface area contributed by atoms with Crippen molar-refractivity contribution in [3.8, 4) is 0 Å². The minimum atomic E-state index is -1.09. The van der Waals surface area contributed by atoms with E-state index in [4.69, 9.17) is 16.6 Å². The van der Waals surface area contributed by atoms with E-state index in [2.05, 4.69) is 0 Å². The third kappa shape index (κ3) is 3.16. The van der Waals surface area contributed by atoms with E-state index < -0.39 is 17.8 Å². The SMILES string of the molecule is NCC(=O)[C@@H](N)CC(=O)O. The number of rotatable bonds is 4. The number of carbonyl (C=O) groups is 2. The molecule has 0 radical (unpaired) electrons. The van der Waals surface area contributed by atoms with Crippen LogP contribution in [0.2, 0.25) is 0 Å². The average molecular weight is 146 g/mol. The molecule has 0 heterocycles. The first-order valence-corrected chi connectivity index (χ1v) is 2.78. The normalized spacial score (nSPS) is 12.6. The fraction of sp³-hybridized carbons (Fsp3) is 0.600. The highest BCUT2D eigenvalue weighted by Crippen LogP contribution is 1.87. The van der Waals surface area contributed by atoms with Crippen molar-refractivity contribution in [3.05, 3.63) is 0 Å². The van der Waals surface area contributed by atoms with Gasteiger partial charge in [0, 0.05) is 0 Å². The molecule has 0 aliphatic carbocycles. The molecule has 10 heavy (non-hydrogen) atoms. The Bertz CT molecular complexity index is 146. The standard InChI is InChI=1S/C5H10N2O3/c6-2-4(8)3(7)1-5(9)10/h3H,1-2,6-7H2,(H,9,10)/t3-/m0/s1. The molecule has 5 N–H and O–H groups in total. The summed E-state index contributed by atoms with van der Waals surface area (Å²) >= 11 is 0. The summed E-state index contributed by atoms with van der Waals surface area (Å²) in [4.78, 5) is 20.5. The first-order chi connectivity index (χ1) is 4.57. The van der Waals surface area contributed by atoms with E-state index in [0.717, 1.165) is 0 Å². The summed E-state index contributed by atoms with van der Waals surface area (Å²) < 4.78 is 0. The highest BCUT2D eigenvalue weighted by molar-refractivity contribution is 5.88. The summed E-state index contributed by atoms with van der Waals surface area (Å²) in [5, 5.41) is 8.16. The van der Waals surface area contributed by atoms with Gasteiger partial charge >= 0.3 is 5.97 Å². The Labute approximate surface area is 58.0 Å². The van der Waals surface area contributed by atoms with Gasteiger partial charge in [0.25, 0.3) is 0 Å². The van der Waals surface area contributed by atoms with E-state index in [1.54, 1.807) is 0 Å². The molecule has 0 aliphatic heterocycles. The van der Waals surface area contributed by atoms with E-state index in [0.29, 0.717) is 0 Å². The lowest BCUT2D eigenvalue weighted by molar-refractivity contribution is -0.139. The molecule has 0 aromatic rings. The molecule has 0 bridgehead atoms. The van der Waals surface area contributed by atoms with Crippen molar-refractivity contribution >= 4 is 11.8 Å². The molecule has 1 atom stereocenters. The summed E-state index contributed by atoms with van der Waals surface area (Å²) in [6.07, 6.45) is -0.351. The van der Waals surface area contributed by atoms with Crippen molar-refractivity contribution in [2.75, 3.05) is 6.54 Å². The van der Waals surface area contributed by atoms with Gasteiger partial charge in [-0.15, -0.1) is 0 Å². The highest BCUT2D eigenvalue weighted by Gasteiger charge is 2.14. The first-order valence-electron chi connectivity index (χ1n) is 2.78. The van der Waals surface area contributed by atoms with Crippen molar-refractivity contribution in [1.29, 1.82) is 0 Å². The van der Waals surface area contributed by atoms with Gasteiger partial charge in [-0.1, -0.05) is 0 Å². The topological polar surface area (TPSA) is 106 Å². The molecule has 0 amide bonds. The fourth-order valence-electron chi connectivity index (χ4n) is 0.453. The molecule has 0 saturated carbocycles. The van der Waals surface area contributed by atoms with Crippen LogP contribution >= 0.6 is 0 Å². The van der Waals surface area contributed by atoms with E-state index >= 15 is 0 Å². The second-order valence-corrected chi connectivity index (χ2v) is 1.87. The zero-order chi connectivity index (χ0) is 8.15. The molecule has 0 aromatic heterocycles. The van der Waals surface area contributed by atoms with E-state index in [-0.39, 0.29) is 13.0 Å². The van der Waals surface area contributed by atoms with Crippen LogP contribution in [0, 0.1) is 0 Å². The van der Waals surface area contributed by atoms with Crippen LogP contribution in [0.15, 0.2) is 0 Å². The van der Waals surface area contributed by atoms with Crippen LogP contribution in [-0.2, 0) is 9.59 Å². The number of carboxylic acids is 1. The molecule has 5 heteroatoms. The van der Waals surface area contributed by atoms with Crippen molar-refractivity contribution in [2.24, 2.45) is 11.5 Å². The van der Waals surface area contributed by atoms with Crippen LogP contribution in [0.4, 0.5) is 0 Å². The van der Waals surface area contributed by atoms with E-state index in [9.17, 15) is 9.59 Å². The molecule has 0 aromatic carbocycles. The molecular weight excluding hydrogens is 136 g/mol. The number of aliphatic carboxylic acids is 1. The Hall–Kier alpha value is -0.940. The summed E-state index contributed by atoms with van der Waals surface area (Å²) in [5.74, 6) is -1.52. The second kappa shape index (κ2) is 3.97. The lowest BCUT2D eigenvalue weighted by Gasteiger charge is -2.03. The second-order valence-electron chi connectivity index (χ2n) is 1.87. The first kappa shape index (κ1) is 9.06. The minimum Gasteiger partial charge on any atom is -0.481 e. The number of carbonyl (C=O) groups excluding carboxylic acids is 1. The largest absolute Gasteiger partial charge is 0.481 e. The van der Waals surface area contributed by atoms with Gasteiger partial charge in [0.05, 0.1) is 19.0 Å². The Morgan fingerprint density at radius 3 is 2.30 bits per heavy atom. The van der Waals surface area contributed by atoms with E-state index in [1.165, 1.54) is 0 Å². The molecule has 5 nitrogen and oxygen atoms in total. The molecule has 0 rings (SSSR count). The molecule has 0 saturated heterocycles. The van der Waals surface area contributed by atoms with Gasteiger partial charge in [-0.25, -0.2) is 0 Å². The lowest BCUT2D eigenvalue weighted by Crippen LogP contribution is -2.37. The molecule has 0 fully saturated rings. The predicted octanol–water partition coefficient (Wildman–Crippen LogP) is -1.68. The quantitative estimate of drug-likeness (QED) is 0.439. The Morgan fingerprint density at radius 1 is 1.50 bits per heavy atom. The number of nitrogens with two attached hydrogens (primary N) is 2. The fourth-order valence-corrected chi connectivity index (χ4v) is 0.453. The van der Waals surface area contributed by atoms with Crippen LogP contribution in [0.3, 0.4) is 0 Å². The third-order valence-electron chi connectivity index (χ3n) is 1.01. The van der Waals surface area contributed by atoms with Gasteiger partial charge in [-0.2, -0.15) is 0 Å². The maximum absolute atomic E-state index is 10.5. The zero-order valence-electron chi connectivity index (χ0n) is 5.41. The van der Waals surface area contributed by atoms with Gasteiger partial charge in [0.15, 0.2) is 5.78 Å². The molecule has 0 unspecified atom stereocenters. The summed E-state index contributed by atoms with van der Waals surface area (Å²) in [6, 6.07) is -0.956. The summed E-state index contributed by atoms with van der Waals surface area (Å²) in [5.41, 5.74) is 10.0. The van der Waals surface area contributed by atoms with Crippen LogP contribution in [0.25, 0.3) is 0 Å². The van der Waals surface area contributed by atoms with Crippen LogP contribution in [-0.4, -0.2) is 29.4 Å². The number of hydrogen-bond donors (Lipinski definition) is 3. The average Bonchev–Trinajstić information content (AvgIpc) is 1.85. The van der Waals surface area contributed by atoms with Crippen LogP contribution in [0.5, 0.6) is 0 Å². The van der Waals surface area contributed by atoms with Gasteiger partial charge in [0.1, 0.15) is 0 Å². The molecular formula is C5H10N2O3. The maximum atomic E-state index is 10.5. The Kier molecular flexibility index (Phi) is 3.60. The van der Waals surface area contributed by atoms with Gasteiger partial charge < -0.3 is 16.6 Å². The minimum absolute atomic E-state index is 0.200. The predicted molar refractivity (Wildman–Crippen MR) is 34.3 cm³/mol. The van der Waals surface area contributed by atoms with Crippen LogP contribution < -0.4 is 11.5 Å². The van der Waals surface area contributed by atoms with Crippen molar-refractivity contribution < 1.29 is 14.7 Å². The molecule has 58 valence electrons. The van der Waals surface area contributed by atoms with E-state index in [1.807, 2.05) is 0 Å². The Balaban J connectivity index is 3.72. The monoisotopic (exact) mass is 146 g/mol. The number of Topliss-reactive ketones (excluding diaryl/α,β-unsaturated/α-hetero) is 1. The number of carboxylic acid groups (broad SMARTS) is 1. The van der Waals surface area contributed by atoms with Crippen molar-refractivity contribution in [3.63, 3.8) is 0 Å². The van der Waals surface area contributed by atoms with Crippen molar-refractivity contribution in [2.45, 2.75) is 12.5 Å². The summed E-state index contributed by atoms with van der Waals surface area (Å²) in [6.45, 7) is -0.200. The lowest BCUT2D eigenvalue weighted by atomic mass is 10.1. The van der Waals surface area contributed by atoms with Gasteiger partial charge in [0.2, 0.25) is 0 Å². The molecule has 0 spiro atoms. The summed E-state index contributed by atoms with van der Waals surface area (Å²) in [7, 11) is 0. The van der Waals surface area contributed by atoms with Crippen molar-refractivity contribution in [1.82, 2.24) is 0 Å². The number of ketones is 1. The Morgan fingerprint density at radius 2 is 2.00 bits per heavy atom. The third-order valence-corrected chi connectivity index (χ3v) is 1.01. The number of hydrogen-bond acceptors (Lipinski definition) is 4. The van der Waals surface area contributed by atoms with Crippen LogP contribution in [0.1, 0.15) is 6.42 Å².